The Morgan fingerprint density at radius 3 is 2.30 bits per heavy atom. The van der Waals surface area contributed by atoms with Crippen molar-refractivity contribution in [2.24, 2.45) is 0 Å². The molecular weight excluding hydrogens is 516 g/mol. The maximum atomic E-state index is 12.8. The van der Waals surface area contributed by atoms with Gasteiger partial charge in [0.05, 0.1) is 5.56 Å². The van der Waals surface area contributed by atoms with Crippen molar-refractivity contribution in [3.8, 4) is 17.2 Å². The highest BCUT2D eigenvalue weighted by Crippen LogP contribution is 2.36. The number of hydrogen-bond acceptors (Lipinski definition) is 5. The lowest BCUT2D eigenvalue weighted by Crippen LogP contribution is -2.09. The van der Waals surface area contributed by atoms with E-state index >= 15 is 0 Å². The molecule has 5 rings (SSSR count). The van der Waals surface area contributed by atoms with Gasteiger partial charge in [0.2, 0.25) is 0 Å². The third-order valence-corrected chi connectivity index (χ3v) is 7.90. The minimum absolute atomic E-state index is 0.220. The summed E-state index contributed by atoms with van der Waals surface area (Å²) in [5, 5.41) is 9.39. The zero-order chi connectivity index (χ0) is 27.7. The topological polar surface area (TPSA) is 55.8 Å². The summed E-state index contributed by atoms with van der Waals surface area (Å²) in [6.07, 6.45) is 8.86. The summed E-state index contributed by atoms with van der Waals surface area (Å²) < 4.78 is 11.5. The number of carbonyl (C=O) groups excluding carboxylic acids is 1. The highest BCUT2D eigenvalue weighted by molar-refractivity contribution is 8.03. The third-order valence-electron chi connectivity index (χ3n) is 6.80. The van der Waals surface area contributed by atoms with Crippen molar-refractivity contribution in [3.05, 3.63) is 142 Å². The predicted molar refractivity (Wildman–Crippen MR) is 161 cm³/mol. The van der Waals surface area contributed by atoms with Gasteiger partial charge in [-0.15, -0.1) is 0 Å². The molecule has 0 spiro atoms. The molecule has 0 amide bonds. The van der Waals surface area contributed by atoms with Crippen LogP contribution in [0.4, 0.5) is 0 Å². The van der Waals surface area contributed by atoms with E-state index < -0.39 is 5.97 Å². The summed E-state index contributed by atoms with van der Waals surface area (Å²) >= 11 is 1.77. The molecule has 0 atom stereocenters. The Bertz CT molecular complexity index is 1500. The molecular formula is C35H32O4S. The van der Waals surface area contributed by atoms with Crippen molar-refractivity contribution >= 4 is 17.7 Å². The molecule has 0 unspecified atom stereocenters. The monoisotopic (exact) mass is 548 g/mol. The van der Waals surface area contributed by atoms with Crippen LogP contribution in [0.25, 0.3) is 0 Å². The zero-order valence-electron chi connectivity index (χ0n) is 22.5. The first kappa shape index (κ1) is 27.4. The fourth-order valence-electron chi connectivity index (χ4n) is 4.46. The number of ether oxygens (including phenoxy) is 2. The van der Waals surface area contributed by atoms with Gasteiger partial charge in [0.25, 0.3) is 0 Å². The average molecular weight is 549 g/mol. The molecule has 40 heavy (non-hydrogen) atoms. The molecule has 0 aliphatic heterocycles. The van der Waals surface area contributed by atoms with Crippen molar-refractivity contribution in [1.29, 1.82) is 0 Å². The van der Waals surface area contributed by atoms with Gasteiger partial charge in [0.15, 0.2) is 0 Å². The van der Waals surface area contributed by atoms with E-state index in [-0.39, 0.29) is 5.75 Å². The van der Waals surface area contributed by atoms with Gasteiger partial charge < -0.3 is 14.6 Å². The van der Waals surface area contributed by atoms with Crippen LogP contribution < -0.4 is 9.47 Å². The summed E-state index contributed by atoms with van der Waals surface area (Å²) in [4.78, 5) is 15.2. The van der Waals surface area contributed by atoms with E-state index in [1.54, 1.807) is 60.3 Å². The summed E-state index contributed by atoms with van der Waals surface area (Å²) in [6, 6.07) is 30.4. The number of carbonyl (C=O) groups is 1. The Balaban J connectivity index is 1.12. The van der Waals surface area contributed by atoms with Crippen LogP contribution in [0.5, 0.6) is 17.2 Å². The average Bonchev–Trinajstić information content (AvgIpc) is 2.99. The van der Waals surface area contributed by atoms with Gasteiger partial charge in [-0.25, -0.2) is 4.79 Å². The number of thioether (sulfide) groups is 1. The van der Waals surface area contributed by atoms with E-state index in [0.29, 0.717) is 23.7 Å². The lowest BCUT2D eigenvalue weighted by atomic mass is 9.98. The Labute approximate surface area is 240 Å². The molecule has 1 N–H and O–H groups in total. The molecule has 0 bridgehead atoms. The number of rotatable bonds is 10. The first-order chi connectivity index (χ1) is 19.5. The summed E-state index contributed by atoms with van der Waals surface area (Å²) in [5.74, 6) is 1.02. The summed E-state index contributed by atoms with van der Waals surface area (Å²) in [5.41, 5.74) is 5.21. The van der Waals surface area contributed by atoms with Crippen molar-refractivity contribution in [2.75, 3.05) is 0 Å². The second-order valence-electron chi connectivity index (χ2n) is 9.84. The van der Waals surface area contributed by atoms with Gasteiger partial charge in [-0.05, 0) is 109 Å². The molecule has 0 fully saturated rings. The van der Waals surface area contributed by atoms with Gasteiger partial charge in [0.1, 0.15) is 23.9 Å². The molecule has 1 aliphatic rings. The number of benzene rings is 4. The van der Waals surface area contributed by atoms with Crippen LogP contribution in [-0.2, 0) is 13.0 Å². The van der Waals surface area contributed by atoms with Crippen molar-refractivity contribution in [1.82, 2.24) is 0 Å². The molecule has 1 aliphatic carbocycles. The predicted octanol–water partition coefficient (Wildman–Crippen LogP) is 8.83. The first-order valence-electron chi connectivity index (χ1n) is 13.5. The number of aryl methyl sites for hydroxylation is 2. The standard InChI is InChI=1S/C35H32O4S/c1-25-23-33(40-32-19-11-27(12-20-32)8-7-26-5-3-2-4-6-26)21-22-34(25)39-35(37)29-13-17-31(18-14-29)38-24-28-9-15-30(36)16-10-28/h2-6,9-11,13-19,21-23,36H,7-8,12,20,24H2,1H3. The molecule has 4 nitrogen and oxygen atoms in total. The fourth-order valence-corrected chi connectivity index (χ4v) is 5.48. The van der Waals surface area contributed by atoms with Crippen LogP contribution in [0.15, 0.2) is 125 Å². The van der Waals surface area contributed by atoms with Crippen molar-refractivity contribution in [2.45, 2.75) is 44.1 Å². The summed E-state index contributed by atoms with van der Waals surface area (Å²) in [6.45, 7) is 2.33. The van der Waals surface area contributed by atoms with E-state index in [1.807, 2.05) is 19.1 Å². The van der Waals surface area contributed by atoms with Gasteiger partial charge in [-0.2, -0.15) is 0 Å². The van der Waals surface area contributed by atoms with Crippen LogP contribution in [-0.4, -0.2) is 11.1 Å². The SMILES string of the molecule is Cc1cc(SC2=CC=C(CCc3ccccc3)CC2)ccc1OC(=O)c1ccc(OCc2ccc(O)cc2)cc1. The Morgan fingerprint density at radius 2 is 1.60 bits per heavy atom. The van der Waals surface area contributed by atoms with E-state index in [0.717, 1.165) is 41.7 Å². The molecule has 0 saturated heterocycles. The molecule has 4 aromatic carbocycles. The van der Waals surface area contributed by atoms with Crippen molar-refractivity contribution < 1.29 is 19.4 Å². The number of phenolic OH excluding ortho intramolecular Hbond substituents is 1. The second kappa shape index (κ2) is 13.2. The quantitative estimate of drug-likeness (QED) is 0.158. The smallest absolute Gasteiger partial charge is 0.343 e. The highest BCUT2D eigenvalue weighted by atomic mass is 32.2. The number of phenols is 1. The van der Waals surface area contributed by atoms with Gasteiger partial charge in [-0.1, -0.05) is 72.0 Å². The van der Waals surface area contributed by atoms with E-state index in [9.17, 15) is 9.90 Å². The number of esters is 1. The van der Waals surface area contributed by atoms with Crippen molar-refractivity contribution in [3.63, 3.8) is 0 Å². The zero-order valence-corrected chi connectivity index (χ0v) is 23.3. The summed E-state index contributed by atoms with van der Waals surface area (Å²) in [7, 11) is 0. The maximum Gasteiger partial charge on any atom is 0.343 e. The Kier molecular flexibility index (Phi) is 9.04. The number of aromatic hydroxyl groups is 1. The van der Waals surface area contributed by atoms with Gasteiger partial charge in [-0.3, -0.25) is 0 Å². The van der Waals surface area contributed by atoms with Crippen LogP contribution >= 0.6 is 11.8 Å². The van der Waals surface area contributed by atoms with Crippen LogP contribution in [0.2, 0.25) is 0 Å². The number of allylic oxidation sites excluding steroid dienone is 4. The molecule has 202 valence electrons. The first-order valence-corrected chi connectivity index (χ1v) is 14.3. The Morgan fingerprint density at radius 1 is 0.825 bits per heavy atom. The van der Waals surface area contributed by atoms with E-state index in [4.69, 9.17) is 9.47 Å². The normalized spacial score (nSPS) is 12.8. The maximum absolute atomic E-state index is 12.8. The van der Waals surface area contributed by atoms with Crippen LogP contribution in [0.1, 0.15) is 46.3 Å². The van der Waals surface area contributed by atoms with Gasteiger partial charge in [0, 0.05) is 4.90 Å². The lowest BCUT2D eigenvalue weighted by Gasteiger charge is -2.15. The van der Waals surface area contributed by atoms with Gasteiger partial charge >= 0.3 is 5.97 Å². The molecule has 4 aromatic rings. The minimum atomic E-state index is -0.406. The third kappa shape index (κ3) is 7.67. The van der Waals surface area contributed by atoms with Crippen LogP contribution in [0.3, 0.4) is 0 Å². The minimum Gasteiger partial charge on any atom is -0.508 e. The van der Waals surface area contributed by atoms with E-state index in [2.05, 4.69) is 48.6 Å². The number of hydrogen-bond donors (Lipinski definition) is 1. The fraction of sp³-hybridized carbons (Fsp3) is 0.171. The second-order valence-corrected chi connectivity index (χ2v) is 11.0. The van der Waals surface area contributed by atoms with Crippen LogP contribution in [0, 0.1) is 6.92 Å². The molecule has 0 aromatic heterocycles. The highest BCUT2D eigenvalue weighted by Gasteiger charge is 2.13. The largest absolute Gasteiger partial charge is 0.508 e. The molecule has 0 radical (unpaired) electrons. The van der Waals surface area contributed by atoms with E-state index in [1.165, 1.54) is 16.0 Å². The lowest BCUT2D eigenvalue weighted by molar-refractivity contribution is 0.0733. The Hall–Kier alpha value is -4.22. The molecule has 0 heterocycles. The molecule has 5 heteroatoms. The molecule has 0 saturated carbocycles.